The van der Waals surface area contributed by atoms with Gasteiger partial charge in [0, 0.05) is 18.1 Å². The lowest BCUT2D eigenvalue weighted by Crippen LogP contribution is -2.51. The number of sulfonamides is 1. The van der Waals surface area contributed by atoms with E-state index >= 15 is 0 Å². The maximum atomic E-state index is 13.8. The number of amides is 2. The van der Waals surface area contributed by atoms with Crippen LogP contribution in [0, 0.1) is 12.7 Å². The number of carbonyl (C=O) groups is 2. The fourth-order valence-electron chi connectivity index (χ4n) is 3.90. The van der Waals surface area contributed by atoms with Crippen LogP contribution in [0.2, 0.25) is 5.02 Å². The predicted molar refractivity (Wildman–Crippen MR) is 151 cm³/mol. The first-order valence-electron chi connectivity index (χ1n) is 12.7. The van der Waals surface area contributed by atoms with Crippen LogP contribution in [0.3, 0.4) is 0 Å². The molecule has 0 unspecified atom stereocenters. The van der Waals surface area contributed by atoms with Crippen molar-refractivity contribution in [2.45, 2.75) is 51.1 Å². The molecule has 0 saturated heterocycles. The number of aryl methyl sites for hydroxylation is 1. The second kappa shape index (κ2) is 13.6. The summed E-state index contributed by atoms with van der Waals surface area (Å²) in [5.74, 6) is -1.53. The van der Waals surface area contributed by atoms with Gasteiger partial charge in [-0.2, -0.15) is 0 Å². The van der Waals surface area contributed by atoms with Crippen LogP contribution < -0.4 is 9.62 Å². The Morgan fingerprint density at radius 1 is 1.00 bits per heavy atom. The zero-order valence-electron chi connectivity index (χ0n) is 22.2. The van der Waals surface area contributed by atoms with Gasteiger partial charge < -0.3 is 10.2 Å². The predicted octanol–water partition coefficient (Wildman–Crippen LogP) is 5.32. The van der Waals surface area contributed by atoms with E-state index in [1.54, 1.807) is 43.3 Å². The normalized spacial score (nSPS) is 12.0. The third kappa shape index (κ3) is 7.80. The average Bonchev–Trinajstić information content (AvgIpc) is 2.91. The Hall–Kier alpha value is -3.43. The van der Waals surface area contributed by atoms with Crippen molar-refractivity contribution in [1.29, 1.82) is 0 Å². The monoisotopic (exact) mass is 573 g/mol. The Kier molecular flexibility index (Phi) is 10.5. The summed E-state index contributed by atoms with van der Waals surface area (Å²) in [7, 11) is -4.22. The Bertz CT molecular complexity index is 1380. The minimum absolute atomic E-state index is 0.0112. The summed E-state index contributed by atoms with van der Waals surface area (Å²) in [6.07, 6.45) is 1.67. The molecule has 0 saturated carbocycles. The van der Waals surface area contributed by atoms with Gasteiger partial charge in [-0.1, -0.05) is 60.8 Å². The van der Waals surface area contributed by atoms with Gasteiger partial charge in [0.1, 0.15) is 18.4 Å². The highest BCUT2D eigenvalue weighted by atomic mass is 35.5. The molecule has 2 amide bonds. The third-order valence-electron chi connectivity index (χ3n) is 6.30. The third-order valence-corrected chi connectivity index (χ3v) is 8.45. The summed E-state index contributed by atoms with van der Waals surface area (Å²) in [6, 6.07) is 17.1. The number of hydrogen-bond donors (Lipinski definition) is 1. The maximum absolute atomic E-state index is 13.8. The largest absolute Gasteiger partial charge is 0.354 e. The standard InChI is InChI=1S/C29H33ClFN3O4S/c1-4-5-18-32-29(36)22(3)33(19-23-8-6-7-9-27(23)30)28(35)20-34(25-14-12-24(31)13-15-25)39(37,38)26-16-10-21(2)11-17-26/h6-17,22H,4-5,18-20H2,1-3H3,(H,32,36)/t22-/m0/s1. The lowest BCUT2D eigenvalue weighted by molar-refractivity contribution is -0.139. The Labute approximate surface area is 234 Å². The Morgan fingerprint density at radius 2 is 1.64 bits per heavy atom. The van der Waals surface area contributed by atoms with E-state index in [2.05, 4.69) is 5.32 Å². The number of rotatable bonds is 12. The van der Waals surface area contributed by atoms with Gasteiger partial charge in [-0.15, -0.1) is 0 Å². The smallest absolute Gasteiger partial charge is 0.264 e. The fourth-order valence-corrected chi connectivity index (χ4v) is 5.51. The highest BCUT2D eigenvalue weighted by Crippen LogP contribution is 2.26. The van der Waals surface area contributed by atoms with Crippen LogP contribution in [0.4, 0.5) is 10.1 Å². The van der Waals surface area contributed by atoms with Crippen LogP contribution in [0.5, 0.6) is 0 Å². The zero-order valence-corrected chi connectivity index (χ0v) is 23.8. The molecule has 0 heterocycles. The Balaban J connectivity index is 2.00. The number of halogens is 2. The molecule has 3 aromatic rings. The minimum atomic E-state index is -4.22. The van der Waals surface area contributed by atoms with Gasteiger partial charge in [0.15, 0.2) is 0 Å². The number of hydrogen-bond acceptors (Lipinski definition) is 4. The topological polar surface area (TPSA) is 86.8 Å². The van der Waals surface area contributed by atoms with E-state index in [1.807, 2.05) is 13.8 Å². The fraction of sp³-hybridized carbons (Fsp3) is 0.310. The number of carbonyl (C=O) groups excluding carboxylic acids is 2. The summed E-state index contributed by atoms with van der Waals surface area (Å²) in [4.78, 5) is 28.1. The summed E-state index contributed by atoms with van der Waals surface area (Å²) in [6.45, 7) is 5.25. The van der Waals surface area contributed by atoms with Crippen LogP contribution in [0.1, 0.15) is 37.8 Å². The first-order chi connectivity index (χ1) is 18.5. The molecule has 3 aromatic carbocycles. The van der Waals surface area contributed by atoms with Crippen molar-refractivity contribution in [2.75, 3.05) is 17.4 Å². The highest BCUT2D eigenvalue weighted by Gasteiger charge is 2.32. The summed E-state index contributed by atoms with van der Waals surface area (Å²) in [5, 5.41) is 3.25. The van der Waals surface area contributed by atoms with Crippen LogP contribution in [0.25, 0.3) is 0 Å². The van der Waals surface area contributed by atoms with Crippen molar-refractivity contribution in [3.63, 3.8) is 0 Å². The molecule has 3 rings (SSSR count). The molecule has 208 valence electrons. The van der Waals surface area contributed by atoms with Gasteiger partial charge in [0.25, 0.3) is 10.0 Å². The number of anilines is 1. The highest BCUT2D eigenvalue weighted by molar-refractivity contribution is 7.92. The van der Waals surface area contributed by atoms with Crippen LogP contribution in [-0.2, 0) is 26.2 Å². The maximum Gasteiger partial charge on any atom is 0.264 e. The number of nitrogens with zero attached hydrogens (tertiary/aromatic N) is 2. The molecule has 1 N–H and O–H groups in total. The molecule has 39 heavy (non-hydrogen) atoms. The molecule has 0 aliphatic carbocycles. The van der Waals surface area contributed by atoms with Crippen molar-refractivity contribution in [3.05, 3.63) is 94.8 Å². The van der Waals surface area contributed by atoms with Crippen LogP contribution >= 0.6 is 11.6 Å². The van der Waals surface area contributed by atoms with E-state index < -0.39 is 34.3 Å². The second-order valence-corrected chi connectivity index (χ2v) is 11.5. The van der Waals surface area contributed by atoms with E-state index in [9.17, 15) is 22.4 Å². The van der Waals surface area contributed by atoms with Gasteiger partial charge >= 0.3 is 0 Å². The zero-order chi connectivity index (χ0) is 28.6. The van der Waals surface area contributed by atoms with Gasteiger partial charge in [0.05, 0.1) is 10.6 Å². The molecule has 7 nitrogen and oxygen atoms in total. The number of unbranched alkanes of at least 4 members (excludes halogenated alkanes) is 1. The van der Waals surface area contributed by atoms with E-state index in [-0.39, 0.29) is 23.0 Å². The van der Waals surface area contributed by atoms with Crippen LogP contribution in [-0.4, -0.2) is 44.3 Å². The Morgan fingerprint density at radius 3 is 2.26 bits per heavy atom. The average molecular weight is 574 g/mol. The summed E-state index contributed by atoms with van der Waals surface area (Å²) < 4.78 is 42.1. The molecule has 0 bridgehead atoms. The summed E-state index contributed by atoms with van der Waals surface area (Å²) in [5.41, 5.74) is 1.59. The minimum Gasteiger partial charge on any atom is -0.354 e. The SMILES string of the molecule is CCCCNC(=O)[C@H](C)N(Cc1ccccc1Cl)C(=O)CN(c1ccc(F)cc1)S(=O)(=O)c1ccc(C)cc1. The van der Waals surface area contributed by atoms with E-state index in [1.165, 1.54) is 29.2 Å². The molecule has 0 aliphatic rings. The lowest BCUT2D eigenvalue weighted by Gasteiger charge is -2.32. The van der Waals surface area contributed by atoms with Crippen molar-refractivity contribution in [3.8, 4) is 0 Å². The first kappa shape index (κ1) is 30.1. The van der Waals surface area contributed by atoms with Gasteiger partial charge in [-0.3, -0.25) is 13.9 Å². The van der Waals surface area contributed by atoms with Gasteiger partial charge in [-0.05, 0) is 68.3 Å². The van der Waals surface area contributed by atoms with Crippen molar-refractivity contribution >= 4 is 39.1 Å². The van der Waals surface area contributed by atoms with Crippen molar-refractivity contribution < 1.29 is 22.4 Å². The molecular weight excluding hydrogens is 541 g/mol. The second-order valence-electron chi connectivity index (χ2n) is 9.23. The quantitative estimate of drug-likeness (QED) is 0.297. The van der Waals surface area contributed by atoms with Gasteiger partial charge in [-0.25, -0.2) is 12.8 Å². The first-order valence-corrected chi connectivity index (χ1v) is 14.5. The van der Waals surface area contributed by atoms with E-state index in [4.69, 9.17) is 11.6 Å². The lowest BCUT2D eigenvalue weighted by atomic mass is 10.1. The number of nitrogens with one attached hydrogen (secondary N) is 1. The molecule has 0 aliphatic heterocycles. The summed E-state index contributed by atoms with van der Waals surface area (Å²) >= 11 is 6.36. The van der Waals surface area contributed by atoms with Crippen molar-refractivity contribution in [1.82, 2.24) is 10.2 Å². The molecule has 0 fully saturated rings. The van der Waals surface area contributed by atoms with E-state index in [0.717, 1.165) is 34.8 Å². The number of benzene rings is 3. The molecular formula is C29H33ClFN3O4S. The molecule has 0 aromatic heterocycles. The molecule has 10 heteroatoms. The molecule has 0 radical (unpaired) electrons. The van der Waals surface area contributed by atoms with Gasteiger partial charge in [0.2, 0.25) is 11.8 Å². The van der Waals surface area contributed by atoms with Crippen LogP contribution in [0.15, 0.2) is 77.7 Å². The van der Waals surface area contributed by atoms with Crippen molar-refractivity contribution in [2.24, 2.45) is 0 Å². The molecule has 1 atom stereocenters. The molecule has 0 spiro atoms. The van der Waals surface area contributed by atoms with E-state index in [0.29, 0.717) is 17.1 Å².